The third kappa shape index (κ3) is 3.07. The summed E-state index contributed by atoms with van der Waals surface area (Å²) in [4.78, 5) is 6.80. The van der Waals surface area contributed by atoms with Crippen LogP contribution in [0, 0.1) is 5.92 Å². The molecule has 2 atom stereocenters. The Morgan fingerprint density at radius 3 is 3.00 bits per heavy atom. The quantitative estimate of drug-likeness (QED) is 0.851. The van der Waals surface area contributed by atoms with Gasteiger partial charge >= 0.3 is 0 Å². The second-order valence-corrected chi connectivity index (χ2v) is 5.03. The smallest absolute Gasteiger partial charge is 0.109 e. The van der Waals surface area contributed by atoms with E-state index in [1.54, 1.807) is 0 Å². The number of piperidine rings is 1. The zero-order valence-electron chi connectivity index (χ0n) is 10.8. The Balaban J connectivity index is 1.82. The molecular weight excluding hydrogens is 214 g/mol. The van der Waals surface area contributed by atoms with Crippen molar-refractivity contribution in [1.82, 2.24) is 14.5 Å². The van der Waals surface area contributed by atoms with E-state index in [9.17, 15) is 5.11 Å². The summed E-state index contributed by atoms with van der Waals surface area (Å²) < 4.78 is 2.08. The Hall–Kier alpha value is -0.870. The van der Waals surface area contributed by atoms with Gasteiger partial charge < -0.3 is 14.6 Å². The molecular formula is C13H23N3O. The van der Waals surface area contributed by atoms with Gasteiger partial charge in [0.2, 0.25) is 0 Å². The van der Waals surface area contributed by atoms with Gasteiger partial charge in [0.15, 0.2) is 0 Å². The molecule has 1 aliphatic rings. The Kier molecular flexibility index (Phi) is 4.18. The maximum absolute atomic E-state index is 9.84. The number of aliphatic hydroxyl groups is 1. The lowest BCUT2D eigenvalue weighted by Crippen LogP contribution is -2.43. The number of hydrogen-bond donors (Lipinski definition) is 1. The van der Waals surface area contributed by atoms with Crippen LogP contribution >= 0.6 is 0 Å². The number of hydrogen-bond acceptors (Lipinski definition) is 3. The molecule has 1 aliphatic heterocycles. The van der Waals surface area contributed by atoms with Crippen LogP contribution in [0.4, 0.5) is 0 Å². The van der Waals surface area contributed by atoms with Gasteiger partial charge in [0, 0.05) is 45.5 Å². The minimum absolute atomic E-state index is 0.0931. The Labute approximate surface area is 103 Å². The highest BCUT2D eigenvalue weighted by Gasteiger charge is 2.25. The predicted molar refractivity (Wildman–Crippen MR) is 67.8 cm³/mol. The molecule has 1 N–H and O–H groups in total. The molecule has 2 heterocycles. The first-order chi connectivity index (χ1) is 8.20. The molecule has 0 bridgehead atoms. The molecule has 0 saturated carbocycles. The normalized spacial score (nSPS) is 26.3. The van der Waals surface area contributed by atoms with E-state index in [0.29, 0.717) is 5.92 Å². The number of nitrogens with zero attached hydrogens (tertiary/aromatic N) is 3. The monoisotopic (exact) mass is 237 g/mol. The largest absolute Gasteiger partial charge is 0.393 e. The first kappa shape index (κ1) is 12.6. The molecule has 0 aromatic carbocycles. The third-order valence-electron chi connectivity index (χ3n) is 3.87. The van der Waals surface area contributed by atoms with Crippen molar-refractivity contribution in [1.29, 1.82) is 0 Å². The van der Waals surface area contributed by atoms with E-state index in [1.165, 1.54) is 0 Å². The Bertz CT molecular complexity index is 350. The number of rotatable bonds is 4. The van der Waals surface area contributed by atoms with E-state index in [-0.39, 0.29) is 6.10 Å². The van der Waals surface area contributed by atoms with Gasteiger partial charge in [-0.1, -0.05) is 6.92 Å². The van der Waals surface area contributed by atoms with E-state index in [0.717, 1.165) is 44.7 Å². The molecule has 4 heteroatoms. The summed E-state index contributed by atoms with van der Waals surface area (Å²) in [6.45, 7) is 5.26. The topological polar surface area (TPSA) is 41.3 Å². The van der Waals surface area contributed by atoms with Crippen LogP contribution in [0.25, 0.3) is 0 Å². The molecule has 1 fully saturated rings. The van der Waals surface area contributed by atoms with Crippen molar-refractivity contribution in [2.45, 2.75) is 32.3 Å². The second kappa shape index (κ2) is 5.65. The maximum atomic E-state index is 9.84. The van der Waals surface area contributed by atoms with Crippen LogP contribution in [-0.4, -0.2) is 45.3 Å². The third-order valence-corrected chi connectivity index (χ3v) is 3.87. The molecule has 1 saturated heterocycles. The highest BCUT2D eigenvalue weighted by atomic mass is 16.3. The molecule has 1 aromatic heterocycles. The van der Waals surface area contributed by atoms with Crippen molar-refractivity contribution in [3.8, 4) is 0 Å². The lowest BCUT2D eigenvalue weighted by molar-refractivity contribution is 0.0254. The first-order valence-corrected chi connectivity index (χ1v) is 6.57. The van der Waals surface area contributed by atoms with Gasteiger partial charge in [-0.2, -0.15) is 0 Å². The number of imidazole rings is 1. The minimum atomic E-state index is -0.0931. The molecule has 17 heavy (non-hydrogen) atoms. The zero-order chi connectivity index (χ0) is 12.3. The standard InChI is InChI=1S/C13H23N3O/c1-3-11-10-16(7-4-12(11)17)8-5-13-14-6-9-15(13)2/h6,9,11-12,17H,3-5,7-8,10H2,1-2H3. The Morgan fingerprint density at radius 2 is 2.35 bits per heavy atom. The van der Waals surface area contributed by atoms with Gasteiger partial charge in [0.05, 0.1) is 6.10 Å². The van der Waals surface area contributed by atoms with Gasteiger partial charge in [0.1, 0.15) is 5.82 Å². The summed E-state index contributed by atoms with van der Waals surface area (Å²) in [5, 5.41) is 9.84. The van der Waals surface area contributed by atoms with Crippen LogP contribution in [0.5, 0.6) is 0 Å². The summed E-state index contributed by atoms with van der Waals surface area (Å²) in [5.41, 5.74) is 0. The van der Waals surface area contributed by atoms with Crippen LogP contribution in [0.2, 0.25) is 0 Å². The average molecular weight is 237 g/mol. The summed E-state index contributed by atoms with van der Waals surface area (Å²) >= 11 is 0. The van der Waals surface area contributed by atoms with E-state index >= 15 is 0 Å². The molecule has 0 radical (unpaired) electrons. The maximum Gasteiger partial charge on any atom is 0.109 e. The molecule has 0 amide bonds. The van der Waals surface area contributed by atoms with E-state index < -0.39 is 0 Å². The summed E-state index contributed by atoms with van der Waals surface area (Å²) in [6.07, 6.45) is 6.73. The van der Waals surface area contributed by atoms with Crippen molar-refractivity contribution in [2.24, 2.45) is 13.0 Å². The summed E-state index contributed by atoms with van der Waals surface area (Å²) in [5.74, 6) is 1.59. The first-order valence-electron chi connectivity index (χ1n) is 6.57. The number of aryl methyl sites for hydroxylation is 1. The fraction of sp³-hybridized carbons (Fsp3) is 0.769. The minimum Gasteiger partial charge on any atom is -0.393 e. The van der Waals surface area contributed by atoms with Crippen molar-refractivity contribution in [3.05, 3.63) is 18.2 Å². The molecule has 96 valence electrons. The lowest BCUT2D eigenvalue weighted by atomic mass is 9.92. The van der Waals surface area contributed by atoms with Gasteiger partial charge in [-0.25, -0.2) is 4.98 Å². The van der Waals surface area contributed by atoms with Gasteiger partial charge in [-0.15, -0.1) is 0 Å². The summed E-state index contributed by atoms with van der Waals surface area (Å²) in [6, 6.07) is 0. The van der Waals surface area contributed by atoms with Gasteiger partial charge in [0.25, 0.3) is 0 Å². The van der Waals surface area contributed by atoms with Crippen LogP contribution in [0.15, 0.2) is 12.4 Å². The highest BCUT2D eigenvalue weighted by molar-refractivity contribution is 4.92. The fourth-order valence-corrected chi connectivity index (χ4v) is 2.59. The van der Waals surface area contributed by atoms with E-state index in [4.69, 9.17) is 0 Å². The average Bonchev–Trinajstić information content (AvgIpc) is 2.74. The fourth-order valence-electron chi connectivity index (χ4n) is 2.59. The van der Waals surface area contributed by atoms with Crippen LogP contribution < -0.4 is 0 Å². The second-order valence-electron chi connectivity index (χ2n) is 5.03. The van der Waals surface area contributed by atoms with Crippen LogP contribution in [0.1, 0.15) is 25.6 Å². The van der Waals surface area contributed by atoms with E-state index in [1.807, 2.05) is 19.4 Å². The Morgan fingerprint density at radius 1 is 1.53 bits per heavy atom. The van der Waals surface area contributed by atoms with E-state index in [2.05, 4.69) is 21.4 Å². The lowest BCUT2D eigenvalue weighted by Gasteiger charge is -2.35. The molecule has 1 aromatic rings. The van der Waals surface area contributed by atoms with Crippen molar-refractivity contribution >= 4 is 0 Å². The van der Waals surface area contributed by atoms with Crippen LogP contribution in [0.3, 0.4) is 0 Å². The molecule has 2 unspecified atom stereocenters. The van der Waals surface area contributed by atoms with Gasteiger partial charge in [-0.05, 0) is 18.8 Å². The van der Waals surface area contributed by atoms with Crippen molar-refractivity contribution < 1.29 is 5.11 Å². The SMILES string of the molecule is CCC1CN(CCc2nccn2C)CCC1O. The zero-order valence-corrected chi connectivity index (χ0v) is 10.8. The van der Waals surface area contributed by atoms with Crippen LogP contribution in [-0.2, 0) is 13.5 Å². The van der Waals surface area contributed by atoms with Gasteiger partial charge in [-0.3, -0.25) is 0 Å². The number of likely N-dealkylation sites (tertiary alicyclic amines) is 1. The molecule has 4 nitrogen and oxygen atoms in total. The molecule has 2 rings (SSSR count). The van der Waals surface area contributed by atoms with Crippen molar-refractivity contribution in [3.63, 3.8) is 0 Å². The number of aromatic nitrogens is 2. The van der Waals surface area contributed by atoms with Crippen molar-refractivity contribution in [2.75, 3.05) is 19.6 Å². The highest BCUT2D eigenvalue weighted by Crippen LogP contribution is 2.20. The predicted octanol–water partition coefficient (Wildman–Crippen LogP) is 1.06. The molecule has 0 spiro atoms. The number of aliphatic hydroxyl groups excluding tert-OH is 1. The molecule has 0 aliphatic carbocycles. The summed E-state index contributed by atoms with van der Waals surface area (Å²) in [7, 11) is 2.04.